The first-order valence-corrected chi connectivity index (χ1v) is 8.61. The molecule has 0 aliphatic heterocycles. The highest BCUT2D eigenvalue weighted by molar-refractivity contribution is 7.11. The van der Waals surface area contributed by atoms with E-state index in [0.717, 1.165) is 6.42 Å². The lowest BCUT2D eigenvalue weighted by Crippen LogP contribution is -2.24. The molecule has 0 N–H and O–H groups in total. The zero-order valence-electron chi connectivity index (χ0n) is 12.9. The number of hydrogen-bond donors (Lipinski definition) is 0. The third-order valence-electron chi connectivity index (χ3n) is 3.65. The van der Waals surface area contributed by atoms with Gasteiger partial charge in [-0.15, -0.1) is 11.3 Å². The maximum atomic E-state index is 2.38. The topological polar surface area (TPSA) is 0 Å². The van der Waals surface area contributed by atoms with Gasteiger partial charge in [-0.05, 0) is 23.3 Å². The summed E-state index contributed by atoms with van der Waals surface area (Å²) in [4.78, 5) is 1.47. The van der Waals surface area contributed by atoms with Crippen LogP contribution in [-0.2, 0) is 0 Å². The van der Waals surface area contributed by atoms with Crippen LogP contribution in [0.4, 0.5) is 0 Å². The molecule has 0 aromatic carbocycles. The predicted octanol–water partition coefficient (Wildman–Crippen LogP) is 4.62. The summed E-state index contributed by atoms with van der Waals surface area (Å²) >= 11 is 1.95. The fraction of sp³-hybridized carbons (Fsp3) is 0.368. The van der Waals surface area contributed by atoms with Gasteiger partial charge in [-0.1, -0.05) is 70.2 Å². The third kappa shape index (κ3) is 2.47. The van der Waals surface area contributed by atoms with Crippen molar-refractivity contribution in [2.45, 2.75) is 40.0 Å². The van der Waals surface area contributed by atoms with Gasteiger partial charge in [0.2, 0.25) is 0 Å². The highest BCUT2D eigenvalue weighted by atomic mass is 32.1. The smallest absolute Gasteiger partial charge is 0.0318 e. The average Bonchev–Trinajstić information content (AvgIpc) is 3.11. The van der Waals surface area contributed by atoms with Gasteiger partial charge in [0.1, 0.15) is 0 Å². The van der Waals surface area contributed by atoms with E-state index in [2.05, 4.69) is 48.6 Å². The van der Waals surface area contributed by atoms with E-state index in [1.807, 2.05) is 39.0 Å². The van der Waals surface area contributed by atoms with E-state index in [-0.39, 0.29) is 0 Å². The van der Waals surface area contributed by atoms with Gasteiger partial charge < -0.3 is 0 Å². The zero-order chi connectivity index (χ0) is 14.5. The van der Waals surface area contributed by atoms with E-state index in [4.69, 9.17) is 0 Å². The minimum Gasteiger partial charge on any atom is -0.136 e. The molecule has 0 radical (unpaired) electrons. The lowest BCUT2D eigenvalue weighted by Gasteiger charge is -2.25. The fourth-order valence-corrected chi connectivity index (χ4v) is 4.13. The van der Waals surface area contributed by atoms with Crippen molar-refractivity contribution < 1.29 is 0 Å². The molecule has 1 heteroatoms. The van der Waals surface area contributed by atoms with Crippen molar-refractivity contribution in [2.24, 2.45) is 5.92 Å². The molecule has 2 unspecified atom stereocenters. The molecule has 2 atom stereocenters. The first kappa shape index (κ1) is 15.1. The molecule has 0 spiro atoms. The molecule has 1 aromatic heterocycles. The molecular formula is C19H24S. The van der Waals surface area contributed by atoms with Gasteiger partial charge in [-0.3, -0.25) is 0 Å². The molecule has 3 aliphatic rings. The zero-order valence-corrected chi connectivity index (χ0v) is 13.7. The van der Waals surface area contributed by atoms with Crippen LogP contribution in [0.3, 0.4) is 0 Å². The van der Waals surface area contributed by atoms with Gasteiger partial charge in [-0.2, -0.15) is 0 Å². The number of thiophene rings is 1. The molecule has 1 aromatic rings. The van der Waals surface area contributed by atoms with Crippen LogP contribution in [0.25, 0.3) is 18.2 Å². The van der Waals surface area contributed by atoms with Crippen molar-refractivity contribution in [1.82, 2.24) is 0 Å². The van der Waals surface area contributed by atoms with Crippen molar-refractivity contribution in [2.75, 3.05) is 0 Å². The Hall–Kier alpha value is -1.34. The molecule has 106 valence electrons. The molecule has 3 aliphatic carbocycles. The van der Waals surface area contributed by atoms with Crippen molar-refractivity contribution in [3.63, 3.8) is 0 Å². The van der Waals surface area contributed by atoms with Crippen molar-refractivity contribution in [3.8, 4) is 0 Å². The van der Waals surface area contributed by atoms with Crippen molar-refractivity contribution >= 4 is 29.6 Å². The Morgan fingerprint density at radius 2 is 1.70 bits per heavy atom. The highest BCUT2D eigenvalue weighted by Gasteiger charge is 2.26. The second kappa shape index (κ2) is 6.90. The summed E-state index contributed by atoms with van der Waals surface area (Å²) in [6, 6.07) is 0. The Kier molecular flexibility index (Phi) is 5.19. The summed E-state index contributed by atoms with van der Waals surface area (Å²) in [6.07, 6.45) is 19.5. The van der Waals surface area contributed by atoms with Gasteiger partial charge in [0.25, 0.3) is 0 Å². The molecular weight excluding hydrogens is 260 g/mol. The molecule has 0 nitrogen and oxygen atoms in total. The quantitative estimate of drug-likeness (QED) is 0.652. The Labute approximate surface area is 126 Å². The van der Waals surface area contributed by atoms with Crippen LogP contribution < -0.4 is 9.75 Å². The summed E-state index contributed by atoms with van der Waals surface area (Å²) in [7, 11) is 0. The van der Waals surface area contributed by atoms with Crippen LogP contribution in [0.5, 0.6) is 0 Å². The van der Waals surface area contributed by atoms with Gasteiger partial charge >= 0.3 is 0 Å². The van der Waals surface area contributed by atoms with Crippen molar-refractivity contribution in [3.05, 3.63) is 50.6 Å². The molecule has 0 amide bonds. The molecule has 20 heavy (non-hydrogen) atoms. The standard InChI is InChI=1S/C15H12S.2C2H6/c1-2-5-11-10(4-1)8-9-14-15(11)12-6-3-7-13(12)16-14;2*1-2/h1-2,4-11H,3H2;2*1-2H3. The maximum absolute atomic E-state index is 2.38. The first-order chi connectivity index (χ1) is 9.93. The molecule has 0 saturated heterocycles. The molecule has 1 heterocycles. The van der Waals surface area contributed by atoms with Crippen LogP contribution >= 0.6 is 11.3 Å². The normalized spacial score (nSPS) is 23.0. The van der Waals surface area contributed by atoms with E-state index in [1.165, 1.54) is 14.6 Å². The Morgan fingerprint density at radius 1 is 0.950 bits per heavy atom. The van der Waals surface area contributed by atoms with E-state index in [1.54, 1.807) is 5.56 Å². The summed E-state index contributed by atoms with van der Waals surface area (Å²) in [6.45, 7) is 8.00. The maximum Gasteiger partial charge on any atom is 0.0318 e. The second-order valence-corrected chi connectivity index (χ2v) is 5.62. The highest BCUT2D eigenvalue weighted by Crippen LogP contribution is 2.37. The average molecular weight is 284 g/mol. The minimum absolute atomic E-state index is 0.574. The first-order valence-electron chi connectivity index (χ1n) is 7.80. The fourth-order valence-electron chi connectivity index (χ4n) is 2.90. The summed E-state index contributed by atoms with van der Waals surface area (Å²) in [5.74, 6) is 1.15. The van der Waals surface area contributed by atoms with Crippen LogP contribution in [0.2, 0.25) is 0 Å². The Morgan fingerprint density at radius 3 is 2.50 bits per heavy atom. The van der Waals surface area contributed by atoms with E-state index < -0.39 is 0 Å². The van der Waals surface area contributed by atoms with Gasteiger partial charge in [0.05, 0.1) is 0 Å². The summed E-state index contributed by atoms with van der Waals surface area (Å²) in [5.41, 5.74) is 1.57. The van der Waals surface area contributed by atoms with Crippen LogP contribution in [0, 0.1) is 5.92 Å². The van der Waals surface area contributed by atoms with Crippen molar-refractivity contribution in [1.29, 1.82) is 0 Å². The van der Waals surface area contributed by atoms with E-state index in [9.17, 15) is 0 Å². The monoisotopic (exact) mass is 284 g/mol. The van der Waals surface area contributed by atoms with E-state index in [0.29, 0.717) is 11.8 Å². The lowest BCUT2D eigenvalue weighted by atomic mass is 9.79. The van der Waals surface area contributed by atoms with E-state index >= 15 is 0 Å². The summed E-state index contributed by atoms with van der Waals surface area (Å²) in [5, 5.41) is 1.51. The number of fused-ring (bicyclic) bond motifs is 5. The minimum atomic E-state index is 0.574. The molecule has 0 saturated carbocycles. The van der Waals surface area contributed by atoms with Crippen LogP contribution in [0.1, 0.15) is 50.5 Å². The second-order valence-electron chi connectivity index (χ2n) is 4.53. The number of hydrogen-bond acceptors (Lipinski definition) is 1. The largest absolute Gasteiger partial charge is 0.136 e. The number of allylic oxidation sites excluding steroid dienone is 5. The Balaban J connectivity index is 0.000000340. The van der Waals surface area contributed by atoms with Crippen LogP contribution in [0.15, 0.2) is 30.4 Å². The molecule has 0 bridgehead atoms. The number of rotatable bonds is 0. The van der Waals surface area contributed by atoms with Gasteiger partial charge in [0.15, 0.2) is 0 Å². The summed E-state index contributed by atoms with van der Waals surface area (Å²) < 4.78 is 1.48. The van der Waals surface area contributed by atoms with Gasteiger partial charge in [-0.25, -0.2) is 0 Å². The third-order valence-corrected chi connectivity index (χ3v) is 4.83. The Bertz CT molecular complexity index is 653. The predicted molar refractivity (Wildman–Crippen MR) is 93.4 cm³/mol. The molecule has 4 rings (SSSR count). The lowest BCUT2D eigenvalue weighted by molar-refractivity contribution is 0.692. The van der Waals surface area contributed by atoms with Crippen LogP contribution in [-0.4, -0.2) is 0 Å². The SMILES string of the molecule is C1=CC2C=Cc3sc4c(c3C2C=C1)=CCC=4.CC.CC. The van der Waals surface area contributed by atoms with Gasteiger partial charge in [0, 0.05) is 21.2 Å². The molecule has 0 fully saturated rings.